The maximum atomic E-state index is 13.7. The molecule has 3 rings (SSSR count). The third kappa shape index (κ3) is 3.67. The van der Waals surface area contributed by atoms with E-state index in [0.717, 1.165) is 48.4 Å². The van der Waals surface area contributed by atoms with Crippen molar-refractivity contribution in [1.82, 2.24) is 9.78 Å². The van der Waals surface area contributed by atoms with Gasteiger partial charge in [-0.25, -0.2) is 9.07 Å². The summed E-state index contributed by atoms with van der Waals surface area (Å²) in [6.07, 6.45) is 3.43. The summed E-state index contributed by atoms with van der Waals surface area (Å²) >= 11 is 0. The van der Waals surface area contributed by atoms with E-state index in [1.807, 2.05) is 13.0 Å². The van der Waals surface area contributed by atoms with Crippen molar-refractivity contribution in [2.24, 2.45) is 5.92 Å². The van der Waals surface area contributed by atoms with Gasteiger partial charge in [-0.15, -0.1) is 0 Å². The average molecular weight is 357 g/mol. The van der Waals surface area contributed by atoms with Gasteiger partial charge in [0.2, 0.25) is 0 Å². The van der Waals surface area contributed by atoms with Crippen molar-refractivity contribution in [3.8, 4) is 11.3 Å². The van der Waals surface area contributed by atoms with E-state index < -0.39 is 0 Å². The summed E-state index contributed by atoms with van der Waals surface area (Å²) in [5.41, 5.74) is 3.86. The fourth-order valence-corrected chi connectivity index (χ4v) is 3.66. The van der Waals surface area contributed by atoms with Gasteiger partial charge in [0.15, 0.2) is 0 Å². The molecule has 1 fully saturated rings. The molecular weight excluding hydrogens is 329 g/mol. The molecule has 1 aliphatic heterocycles. The van der Waals surface area contributed by atoms with Gasteiger partial charge in [-0.2, -0.15) is 5.10 Å². The fourth-order valence-electron chi connectivity index (χ4n) is 3.66. The first-order valence-electron chi connectivity index (χ1n) is 9.51. The molecule has 1 saturated heterocycles. The van der Waals surface area contributed by atoms with Gasteiger partial charge in [0.05, 0.1) is 5.69 Å². The van der Waals surface area contributed by atoms with Crippen LogP contribution in [0.3, 0.4) is 0 Å². The van der Waals surface area contributed by atoms with Crippen LogP contribution in [0, 0.1) is 25.6 Å². The Balaban J connectivity index is 2.19. The Labute approximate surface area is 154 Å². The Morgan fingerprint density at radius 2 is 1.85 bits per heavy atom. The monoisotopic (exact) mass is 357 g/mol. The number of halogens is 1. The summed E-state index contributed by atoms with van der Waals surface area (Å²) in [5, 5.41) is 4.66. The number of nitrogens with zero attached hydrogens (tertiary/aromatic N) is 3. The molecule has 0 atom stereocenters. The molecule has 1 aromatic heterocycles. The fraction of sp³-hybridized carbons (Fsp3) is 0.524. The van der Waals surface area contributed by atoms with Crippen LogP contribution in [0.25, 0.3) is 11.3 Å². The lowest BCUT2D eigenvalue weighted by Crippen LogP contribution is -2.38. The highest BCUT2D eigenvalue weighted by molar-refractivity contribution is 5.70. The molecule has 140 valence electrons. The lowest BCUT2D eigenvalue weighted by Gasteiger charge is -2.30. The minimum absolute atomic E-state index is 0.0133. The molecule has 0 unspecified atom stereocenters. The number of aryl methyl sites for hydroxylation is 1. The predicted octanol–water partition coefficient (Wildman–Crippen LogP) is 4.31. The lowest BCUT2D eigenvalue weighted by atomic mass is 10.0. The Hall–Kier alpha value is -2.17. The van der Waals surface area contributed by atoms with Gasteiger partial charge < -0.3 is 4.90 Å². The van der Waals surface area contributed by atoms with Gasteiger partial charge in [0.25, 0.3) is 5.56 Å². The Bertz CT molecular complexity index is 851. The van der Waals surface area contributed by atoms with Gasteiger partial charge >= 0.3 is 0 Å². The van der Waals surface area contributed by atoms with Crippen LogP contribution >= 0.6 is 0 Å². The van der Waals surface area contributed by atoms with Crippen molar-refractivity contribution < 1.29 is 4.39 Å². The number of hydrogen-bond donors (Lipinski definition) is 0. The summed E-state index contributed by atoms with van der Waals surface area (Å²) in [5.74, 6) is 0.0954. The van der Waals surface area contributed by atoms with Crippen LogP contribution in [0.15, 0.2) is 23.0 Å². The van der Waals surface area contributed by atoms with E-state index in [2.05, 4.69) is 23.8 Å². The molecule has 4 nitrogen and oxygen atoms in total. The Kier molecular flexibility index (Phi) is 5.44. The molecule has 2 aromatic rings. The predicted molar refractivity (Wildman–Crippen MR) is 104 cm³/mol. The van der Waals surface area contributed by atoms with Crippen LogP contribution in [-0.2, 0) is 6.54 Å². The summed E-state index contributed by atoms with van der Waals surface area (Å²) in [6.45, 7) is 10.3. The minimum Gasteiger partial charge on any atom is -0.367 e. The molecule has 0 amide bonds. The number of anilines is 1. The molecule has 0 aliphatic carbocycles. The average Bonchev–Trinajstić information content (AvgIpc) is 2.61. The molecule has 26 heavy (non-hydrogen) atoms. The zero-order chi connectivity index (χ0) is 18.8. The van der Waals surface area contributed by atoms with Crippen LogP contribution in [0.5, 0.6) is 0 Å². The molecule has 2 heterocycles. The highest BCUT2D eigenvalue weighted by atomic mass is 19.1. The normalized spacial score (nSPS) is 14.9. The summed E-state index contributed by atoms with van der Waals surface area (Å²) in [7, 11) is 0. The Morgan fingerprint density at radius 1 is 1.15 bits per heavy atom. The summed E-state index contributed by atoms with van der Waals surface area (Å²) in [6, 6.07) is 5.04. The SMILES string of the molecule is Cc1cc(-c2nn(CC(C)C)c(=O)c(N3CCCCC3)c2C)ccc1F. The van der Waals surface area contributed by atoms with Gasteiger partial charge in [-0.3, -0.25) is 4.79 Å². The van der Waals surface area contributed by atoms with Gasteiger partial charge in [0.1, 0.15) is 11.5 Å². The van der Waals surface area contributed by atoms with E-state index >= 15 is 0 Å². The Morgan fingerprint density at radius 3 is 2.46 bits per heavy atom. The molecule has 0 saturated carbocycles. The van der Waals surface area contributed by atoms with Crippen LogP contribution < -0.4 is 10.5 Å². The second-order valence-electron chi connectivity index (χ2n) is 7.71. The largest absolute Gasteiger partial charge is 0.367 e. The smallest absolute Gasteiger partial charge is 0.290 e. The van der Waals surface area contributed by atoms with Crippen LogP contribution in [-0.4, -0.2) is 22.9 Å². The summed E-state index contributed by atoms with van der Waals surface area (Å²) in [4.78, 5) is 15.3. The van der Waals surface area contributed by atoms with Gasteiger partial charge in [0, 0.05) is 30.8 Å². The van der Waals surface area contributed by atoms with Gasteiger partial charge in [-0.05, 0) is 62.8 Å². The maximum absolute atomic E-state index is 13.7. The maximum Gasteiger partial charge on any atom is 0.290 e. The first kappa shape index (κ1) is 18.6. The molecule has 0 spiro atoms. The zero-order valence-electron chi connectivity index (χ0n) is 16.2. The highest BCUT2D eigenvalue weighted by Crippen LogP contribution is 2.29. The third-order valence-electron chi connectivity index (χ3n) is 5.01. The van der Waals surface area contributed by atoms with E-state index in [1.54, 1.807) is 17.7 Å². The van der Waals surface area contributed by atoms with Crippen LogP contribution in [0.2, 0.25) is 0 Å². The van der Waals surface area contributed by atoms with Crippen molar-refractivity contribution in [1.29, 1.82) is 0 Å². The number of aromatic nitrogens is 2. The second-order valence-corrected chi connectivity index (χ2v) is 7.71. The molecule has 1 aliphatic rings. The van der Waals surface area contributed by atoms with Crippen molar-refractivity contribution in [2.75, 3.05) is 18.0 Å². The third-order valence-corrected chi connectivity index (χ3v) is 5.01. The van der Waals surface area contributed by atoms with Crippen molar-refractivity contribution in [3.05, 3.63) is 45.5 Å². The summed E-state index contributed by atoms with van der Waals surface area (Å²) < 4.78 is 15.3. The molecule has 0 N–H and O–H groups in total. The first-order chi connectivity index (χ1) is 12.4. The number of benzene rings is 1. The van der Waals surface area contributed by atoms with E-state index in [1.165, 1.54) is 12.5 Å². The quantitative estimate of drug-likeness (QED) is 0.818. The zero-order valence-corrected chi connectivity index (χ0v) is 16.2. The molecule has 1 aromatic carbocycles. The first-order valence-corrected chi connectivity index (χ1v) is 9.51. The lowest BCUT2D eigenvalue weighted by molar-refractivity contribution is 0.462. The molecule has 0 bridgehead atoms. The van der Waals surface area contributed by atoms with E-state index in [-0.39, 0.29) is 11.4 Å². The second kappa shape index (κ2) is 7.60. The van der Waals surface area contributed by atoms with Crippen molar-refractivity contribution >= 4 is 5.69 Å². The molecule has 0 radical (unpaired) electrons. The number of piperidine rings is 1. The topological polar surface area (TPSA) is 38.1 Å². The number of rotatable bonds is 4. The highest BCUT2D eigenvalue weighted by Gasteiger charge is 2.22. The van der Waals surface area contributed by atoms with Crippen molar-refractivity contribution in [2.45, 2.75) is 53.5 Å². The van der Waals surface area contributed by atoms with E-state index in [0.29, 0.717) is 18.0 Å². The van der Waals surface area contributed by atoms with E-state index in [9.17, 15) is 9.18 Å². The minimum atomic E-state index is -0.224. The van der Waals surface area contributed by atoms with E-state index in [4.69, 9.17) is 0 Å². The van der Waals surface area contributed by atoms with Crippen LogP contribution in [0.1, 0.15) is 44.2 Å². The molecular formula is C21H28FN3O. The number of hydrogen-bond acceptors (Lipinski definition) is 3. The van der Waals surface area contributed by atoms with Crippen molar-refractivity contribution in [3.63, 3.8) is 0 Å². The standard InChI is InChI=1S/C21H28FN3O/c1-14(2)13-25-21(26)20(24-10-6-5-7-11-24)16(4)19(23-25)17-8-9-18(22)15(3)12-17/h8-9,12,14H,5-7,10-11,13H2,1-4H3. The van der Waals surface area contributed by atoms with Crippen LogP contribution in [0.4, 0.5) is 10.1 Å². The van der Waals surface area contributed by atoms with Gasteiger partial charge in [-0.1, -0.05) is 13.8 Å². The molecule has 5 heteroatoms.